The number of nitrogens with one attached hydrogen (secondary N) is 1. The van der Waals surface area contributed by atoms with Crippen molar-refractivity contribution in [2.24, 2.45) is 11.1 Å². The normalized spacial score (nSPS) is 18.1. The number of amides is 1. The van der Waals surface area contributed by atoms with Crippen molar-refractivity contribution in [2.75, 3.05) is 12.4 Å². The monoisotopic (exact) mass is 372 g/mol. The van der Waals surface area contributed by atoms with Gasteiger partial charge in [-0.2, -0.15) is 0 Å². The van der Waals surface area contributed by atoms with Crippen LogP contribution in [0.15, 0.2) is 90.1 Å². The lowest BCUT2D eigenvalue weighted by Crippen LogP contribution is -2.32. The van der Waals surface area contributed by atoms with Gasteiger partial charge in [-0.05, 0) is 29.8 Å². The molecule has 3 aromatic rings. The number of hydrogen-bond donors (Lipinski definition) is 1. The van der Waals surface area contributed by atoms with Gasteiger partial charge in [0.25, 0.3) is 0 Å². The molecule has 0 spiro atoms. The number of oxime groups is 1. The second kappa shape index (κ2) is 7.96. The molecule has 0 unspecified atom stereocenters. The van der Waals surface area contributed by atoms with E-state index in [0.29, 0.717) is 11.4 Å². The molecule has 28 heavy (non-hydrogen) atoms. The molecule has 1 heterocycles. The minimum absolute atomic E-state index is 0.167. The Morgan fingerprint density at radius 3 is 2.21 bits per heavy atom. The number of benzene rings is 3. The Morgan fingerprint density at radius 2 is 1.57 bits per heavy atom. The second-order valence-electron chi connectivity index (χ2n) is 6.47. The molecular weight excluding hydrogens is 352 g/mol. The van der Waals surface area contributed by atoms with Crippen molar-refractivity contribution in [3.63, 3.8) is 0 Å². The summed E-state index contributed by atoms with van der Waals surface area (Å²) in [5, 5.41) is 7.25. The number of carbonyl (C=O) groups excluding carboxylic acids is 1. The Bertz CT molecular complexity index is 970. The summed E-state index contributed by atoms with van der Waals surface area (Å²) in [5.74, 6) is 0.00178. The average Bonchev–Trinajstić information content (AvgIpc) is 3.21. The summed E-state index contributed by atoms with van der Waals surface area (Å²) in [4.78, 5) is 19.0. The van der Waals surface area contributed by atoms with E-state index < -0.39 is 12.0 Å². The van der Waals surface area contributed by atoms with Crippen LogP contribution in [0.25, 0.3) is 0 Å². The van der Waals surface area contributed by atoms with Crippen molar-refractivity contribution < 1.29 is 14.4 Å². The van der Waals surface area contributed by atoms with Gasteiger partial charge in [-0.15, -0.1) is 0 Å². The van der Waals surface area contributed by atoms with Crippen molar-refractivity contribution in [1.29, 1.82) is 0 Å². The summed E-state index contributed by atoms with van der Waals surface area (Å²) in [5.41, 5.74) is 3.10. The lowest BCUT2D eigenvalue weighted by molar-refractivity contribution is -0.120. The molecule has 0 aliphatic carbocycles. The van der Waals surface area contributed by atoms with Gasteiger partial charge in [-0.1, -0.05) is 65.8 Å². The molecule has 0 aromatic heterocycles. The Kier molecular flexibility index (Phi) is 5.06. The third-order valence-corrected chi connectivity index (χ3v) is 4.70. The van der Waals surface area contributed by atoms with Crippen molar-refractivity contribution in [1.82, 2.24) is 0 Å². The highest BCUT2D eigenvalue weighted by Gasteiger charge is 2.41. The van der Waals surface area contributed by atoms with Crippen LogP contribution in [0.2, 0.25) is 0 Å². The van der Waals surface area contributed by atoms with Gasteiger partial charge in [0.1, 0.15) is 17.4 Å². The second-order valence-corrected chi connectivity index (χ2v) is 6.47. The molecule has 0 saturated carbocycles. The third kappa shape index (κ3) is 3.60. The molecule has 5 heteroatoms. The summed E-state index contributed by atoms with van der Waals surface area (Å²) >= 11 is 0. The molecule has 0 bridgehead atoms. The molecule has 3 aromatic carbocycles. The highest BCUT2D eigenvalue weighted by molar-refractivity contribution is 6.17. The smallest absolute Gasteiger partial charge is 0.237 e. The van der Waals surface area contributed by atoms with Gasteiger partial charge in [0, 0.05) is 11.3 Å². The van der Waals surface area contributed by atoms with Gasteiger partial charge >= 0.3 is 0 Å². The Labute approximate surface area is 163 Å². The molecule has 1 aliphatic rings. The number of methoxy groups -OCH3 is 1. The minimum Gasteiger partial charge on any atom is -0.497 e. The number of anilines is 1. The van der Waals surface area contributed by atoms with E-state index in [2.05, 4.69) is 10.5 Å². The quantitative estimate of drug-likeness (QED) is 0.721. The maximum atomic E-state index is 13.2. The first-order valence-electron chi connectivity index (χ1n) is 9.05. The summed E-state index contributed by atoms with van der Waals surface area (Å²) in [7, 11) is 1.61. The van der Waals surface area contributed by atoms with Gasteiger partial charge in [0.05, 0.1) is 7.11 Å². The summed E-state index contributed by atoms with van der Waals surface area (Å²) in [6.45, 7) is 0. The highest BCUT2D eigenvalue weighted by atomic mass is 16.6. The molecule has 0 radical (unpaired) electrons. The van der Waals surface area contributed by atoms with Gasteiger partial charge in [0.2, 0.25) is 5.91 Å². The van der Waals surface area contributed by atoms with Crippen LogP contribution in [0, 0.1) is 5.92 Å². The predicted octanol–water partition coefficient (Wildman–Crippen LogP) is 4.43. The Hall–Kier alpha value is -3.60. The third-order valence-electron chi connectivity index (χ3n) is 4.70. The molecule has 0 fully saturated rings. The van der Waals surface area contributed by atoms with Crippen molar-refractivity contribution in [2.45, 2.75) is 6.10 Å². The molecule has 1 amide bonds. The number of rotatable bonds is 5. The molecule has 140 valence electrons. The van der Waals surface area contributed by atoms with Crippen LogP contribution in [-0.2, 0) is 9.63 Å². The van der Waals surface area contributed by atoms with Crippen LogP contribution >= 0.6 is 0 Å². The fraction of sp³-hybridized carbons (Fsp3) is 0.130. The first-order chi connectivity index (χ1) is 13.8. The predicted molar refractivity (Wildman–Crippen MR) is 108 cm³/mol. The number of nitrogens with zero attached hydrogens (tertiary/aromatic N) is 1. The van der Waals surface area contributed by atoms with Crippen LogP contribution in [0.5, 0.6) is 5.75 Å². The molecular formula is C23H20N2O3. The van der Waals surface area contributed by atoms with Gasteiger partial charge in [-0.25, -0.2) is 0 Å². The lowest BCUT2D eigenvalue weighted by atomic mass is 9.88. The van der Waals surface area contributed by atoms with E-state index in [1.165, 1.54) is 0 Å². The van der Waals surface area contributed by atoms with Gasteiger partial charge in [-0.3, -0.25) is 4.79 Å². The molecule has 1 N–H and O–H groups in total. The molecule has 1 aliphatic heterocycles. The topological polar surface area (TPSA) is 59.9 Å². The summed E-state index contributed by atoms with van der Waals surface area (Å²) in [6, 6.07) is 26.6. The Morgan fingerprint density at radius 1 is 0.929 bits per heavy atom. The number of ether oxygens (including phenoxy) is 1. The van der Waals surface area contributed by atoms with Crippen LogP contribution in [0.1, 0.15) is 17.2 Å². The van der Waals surface area contributed by atoms with Crippen molar-refractivity contribution in [3.05, 3.63) is 96.1 Å². The lowest BCUT2D eigenvalue weighted by Gasteiger charge is -2.19. The number of hydrogen-bond acceptors (Lipinski definition) is 4. The number of carbonyl (C=O) groups is 1. The summed E-state index contributed by atoms with van der Waals surface area (Å²) < 4.78 is 5.17. The zero-order chi connectivity index (χ0) is 19.3. The molecule has 5 nitrogen and oxygen atoms in total. The standard InChI is InChI=1S/C23H20N2O3/c1-27-19-14-12-18(13-15-19)24-23(26)20-21(16-8-4-2-5-9-16)25-28-22(20)17-10-6-3-7-11-17/h2-15,20,22H,1H3,(H,24,26)/t20-,22+/m0/s1. The van der Waals surface area contributed by atoms with Crippen LogP contribution in [0.4, 0.5) is 5.69 Å². The van der Waals surface area contributed by atoms with Crippen LogP contribution in [0.3, 0.4) is 0 Å². The molecule has 0 saturated heterocycles. The zero-order valence-corrected chi connectivity index (χ0v) is 15.4. The summed E-state index contributed by atoms with van der Waals surface area (Å²) in [6.07, 6.45) is -0.477. The van der Waals surface area contributed by atoms with E-state index in [9.17, 15) is 4.79 Å². The molecule has 2 atom stereocenters. The van der Waals surface area contributed by atoms with E-state index in [1.807, 2.05) is 84.9 Å². The van der Waals surface area contributed by atoms with Crippen LogP contribution < -0.4 is 10.1 Å². The van der Waals surface area contributed by atoms with Crippen molar-refractivity contribution in [3.8, 4) is 5.75 Å². The maximum absolute atomic E-state index is 13.2. The van der Waals surface area contributed by atoms with E-state index in [-0.39, 0.29) is 5.91 Å². The fourth-order valence-corrected chi connectivity index (χ4v) is 3.27. The van der Waals surface area contributed by atoms with Crippen molar-refractivity contribution >= 4 is 17.3 Å². The zero-order valence-electron chi connectivity index (χ0n) is 15.4. The molecule has 4 rings (SSSR count). The minimum atomic E-state index is -0.563. The van der Waals surface area contributed by atoms with E-state index in [4.69, 9.17) is 9.57 Å². The SMILES string of the molecule is COc1ccc(NC(=O)[C@H]2C(c3ccccc3)=NO[C@@H]2c2ccccc2)cc1. The van der Waals surface area contributed by atoms with E-state index in [1.54, 1.807) is 7.11 Å². The van der Waals surface area contributed by atoms with Gasteiger partial charge in [0.15, 0.2) is 6.10 Å². The first-order valence-corrected chi connectivity index (χ1v) is 9.05. The average molecular weight is 372 g/mol. The largest absolute Gasteiger partial charge is 0.497 e. The van der Waals surface area contributed by atoms with Gasteiger partial charge < -0.3 is 14.9 Å². The van der Waals surface area contributed by atoms with E-state index in [0.717, 1.165) is 16.9 Å². The maximum Gasteiger partial charge on any atom is 0.237 e. The fourth-order valence-electron chi connectivity index (χ4n) is 3.27. The van der Waals surface area contributed by atoms with E-state index >= 15 is 0 Å². The Balaban J connectivity index is 1.64. The first kappa shape index (κ1) is 17.8. The van der Waals surface area contributed by atoms with Crippen LogP contribution in [-0.4, -0.2) is 18.7 Å². The highest BCUT2D eigenvalue weighted by Crippen LogP contribution is 2.36.